The highest BCUT2D eigenvalue weighted by Crippen LogP contribution is 2.29. The summed E-state index contributed by atoms with van der Waals surface area (Å²) >= 11 is 0. The van der Waals surface area contributed by atoms with Crippen LogP contribution in [-0.4, -0.2) is 0 Å². The highest BCUT2D eigenvalue weighted by Gasteiger charge is 2.15. The Labute approximate surface area is 217 Å². The molecule has 0 aliphatic rings. The number of halogens is 3. The number of hydrogen-bond acceptors (Lipinski definition) is 1. The van der Waals surface area contributed by atoms with E-state index >= 15 is 0 Å². The molecule has 4 heteroatoms. The van der Waals surface area contributed by atoms with Crippen molar-refractivity contribution in [2.24, 2.45) is 0 Å². The van der Waals surface area contributed by atoms with Gasteiger partial charge < -0.3 is 4.74 Å². The molecule has 0 saturated heterocycles. The van der Waals surface area contributed by atoms with Gasteiger partial charge in [0, 0.05) is 11.1 Å². The second kappa shape index (κ2) is 12.6. The van der Waals surface area contributed by atoms with Crippen LogP contribution in [0.1, 0.15) is 56.2 Å². The fourth-order valence-electron chi connectivity index (χ4n) is 4.46. The zero-order chi connectivity index (χ0) is 26.2. The van der Waals surface area contributed by atoms with Crippen molar-refractivity contribution in [3.63, 3.8) is 0 Å². The summed E-state index contributed by atoms with van der Waals surface area (Å²) in [6, 6.07) is 23.2. The van der Waals surface area contributed by atoms with E-state index in [0.717, 1.165) is 55.2 Å². The van der Waals surface area contributed by atoms with Crippen LogP contribution in [0, 0.1) is 17.5 Å². The van der Waals surface area contributed by atoms with Crippen molar-refractivity contribution in [2.75, 3.05) is 0 Å². The number of benzene rings is 4. The molecule has 0 bridgehead atoms. The maximum Gasteiger partial charge on any atom is 0.167 e. The van der Waals surface area contributed by atoms with Crippen LogP contribution < -0.4 is 4.74 Å². The second-order valence-corrected chi connectivity index (χ2v) is 9.42. The minimum atomic E-state index is -0.902. The van der Waals surface area contributed by atoms with E-state index in [-0.39, 0.29) is 23.6 Å². The van der Waals surface area contributed by atoms with Crippen LogP contribution in [0.5, 0.6) is 5.75 Å². The third kappa shape index (κ3) is 6.62. The standard InChI is InChI=1S/C33H33F3O/c1-3-5-6-8-26-13-14-27(21-31(26)34)24-15-18-29(19-16-24)37-22-28-17-20-30(33(36)32(28)35)25-11-9-23(7-4-2)10-12-25/h9-21H,3-8,22H2,1-2H3. The topological polar surface area (TPSA) is 9.23 Å². The molecule has 0 atom stereocenters. The molecule has 0 radical (unpaired) electrons. The van der Waals surface area contributed by atoms with Crippen LogP contribution in [0.25, 0.3) is 22.3 Å². The normalized spacial score (nSPS) is 11.1. The van der Waals surface area contributed by atoms with Gasteiger partial charge in [-0.15, -0.1) is 0 Å². The van der Waals surface area contributed by atoms with Crippen LogP contribution in [-0.2, 0) is 19.4 Å². The molecule has 4 aromatic carbocycles. The largest absolute Gasteiger partial charge is 0.489 e. The molecule has 0 N–H and O–H groups in total. The first-order valence-corrected chi connectivity index (χ1v) is 13.1. The maximum absolute atomic E-state index is 14.8. The van der Waals surface area contributed by atoms with Crippen molar-refractivity contribution in [2.45, 2.75) is 59.0 Å². The highest BCUT2D eigenvalue weighted by atomic mass is 19.2. The van der Waals surface area contributed by atoms with E-state index in [1.807, 2.05) is 48.5 Å². The summed E-state index contributed by atoms with van der Waals surface area (Å²) < 4.78 is 49.9. The average Bonchev–Trinajstić information content (AvgIpc) is 2.92. The van der Waals surface area contributed by atoms with Crippen LogP contribution in [0.4, 0.5) is 13.2 Å². The molecular formula is C33H33F3O. The maximum atomic E-state index is 14.8. The van der Waals surface area contributed by atoms with E-state index in [2.05, 4.69) is 13.8 Å². The summed E-state index contributed by atoms with van der Waals surface area (Å²) in [6.07, 6.45) is 5.92. The lowest BCUT2D eigenvalue weighted by Crippen LogP contribution is -2.02. The van der Waals surface area contributed by atoms with Gasteiger partial charge in [-0.2, -0.15) is 0 Å². The monoisotopic (exact) mass is 502 g/mol. The van der Waals surface area contributed by atoms with Gasteiger partial charge >= 0.3 is 0 Å². The van der Waals surface area contributed by atoms with E-state index in [9.17, 15) is 13.2 Å². The van der Waals surface area contributed by atoms with E-state index in [1.165, 1.54) is 5.56 Å². The van der Waals surface area contributed by atoms with E-state index in [0.29, 0.717) is 11.3 Å². The fraction of sp³-hybridized carbons (Fsp3) is 0.273. The molecule has 0 fully saturated rings. The third-order valence-corrected chi connectivity index (χ3v) is 6.65. The molecule has 1 nitrogen and oxygen atoms in total. The van der Waals surface area contributed by atoms with Gasteiger partial charge in [0.05, 0.1) is 0 Å². The summed E-state index contributed by atoms with van der Waals surface area (Å²) in [7, 11) is 0. The van der Waals surface area contributed by atoms with Gasteiger partial charge in [-0.05, 0) is 65.3 Å². The number of aryl methyl sites for hydroxylation is 2. The molecule has 0 aromatic heterocycles. The van der Waals surface area contributed by atoms with Crippen molar-refractivity contribution in [3.8, 4) is 28.0 Å². The Bertz CT molecular complexity index is 1310. The van der Waals surface area contributed by atoms with E-state index in [1.54, 1.807) is 30.3 Å². The van der Waals surface area contributed by atoms with Crippen molar-refractivity contribution in [3.05, 3.63) is 113 Å². The molecule has 0 saturated carbocycles. The van der Waals surface area contributed by atoms with Crippen molar-refractivity contribution >= 4 is 0 Å². The number of unbranched alkanes of at least 4 members (excludes halogenated alkanes) is 2. The Kier molecular flexibility index (Phi) is 9.05. The molecule has 0 spiro atoms. The molecule has 0 unspecified atom stereocenters. The second-order valence-electron chi connectivity index (χ2n) is 9.42. The zero-order valence-electron chi connectivity index (χ0n) is 21.5. The van der Waals surface area contributed by atoms with Gasteiger partial charge in [0.25, 0.3) is 0 Å². The zero-order valence-corrected chi connectivity index (χ0v) is 21.5. The molecule has 0 amide bonds. The Hall–Kier alpha value is -3.53. The molecule has 0 heterocycles. The molecule has 192 valence electrons. The lowest BCUT2D eigenvalue weighted by Gasteiger charge is -2.12. The Morgan fingerprint density at radius 3 is 1.95 bits per heavy atom. The average molecular weight is 503 g/mol. The molecule has 4 aromatic rings. The lowest BCUT2D eigenvalue weighted by atomic mass is 10.00. The van der Waals surface area contributed by atoms with Crippen molar-refractivity contribution in [1.82, 2.24) is 0 Å². The molecule has 4 rings (SSSR count). The van der Waals surface area contributed by atoms with Gasteiger partial charge in [-0.1, -0.05) is 93.8 Å². The Morgan fingerprint density at radius 1 is 0.595 bits per heavy atom. The highest BCUT2D eigenvalue weighted by molar-refractivity contribution is 5.66. The van der Waals surface area contributed by atoms with E-state index in [4.69, 9.17) is 4.74 Å². The molecule has 0 aliphatic heterocycles. The minimum Gasteiger partial charge on any atom is -0.489 e. The predicted octanol–water partition coefficient (Wildman–Crippen LogP) is 9.70. The first-order chi connectivity index (χ1) is 18.0. The predicted molar refractivity (Wildman–Crippen MR) is 145 cm³/mol. The number of rotatable bonds is 11. The summed E-state index contributed by atoms with van der Waals surface area (Å²) in [5, 5.41) is 0. The van der Waals surface area contributed by atoms with Gasteiger partial charge in [-0.3, -0.25) is 0 Å². The van der Waals surface area contributed by atoms with Gasteiger partial charge in [0.2, 0.25) is 0 Å². The van der Waals surface area contributed by atoms with Crippen molar-refractivity contribution < 1.29 is 17.9 Å². The van der Waals surface area contributed by atoms with Crippen LogP contribution in [0.15, 0.2) is 78.9 Å². The fourth-order valence-corrected chi connectivity index (χ4v) is 4.46. The molecular weight excluding hydrogens is 469 g/mol. The summed E-state index contributed by atoms with van der Waals surface area (Å²) in [5.74, 6) is -1.44. The minimum absolute atomic E-state index is 0.0983. The van der Waals surface area contributed by atoms with Crippen molar-refractivity contribution in [1.29, 1.82) is 0 Å². The number of ether oxygens (including phenoxy) is 1. The molecule has 0 aliphatic carbocycles. The quantitative estimate of drug-likeness (QED) is 0.186. The lowest BCUT2D eigenvalue weighted by molar-refractivity contribution is 0.297. The first-order valence-electron chi connectivity index (χ1n) is 13.1. The Balaban J connectivity index is 1.40. The third-order valence-electron chi connectivity index (χ3n) is 6.65. The van der Waals surface area contributed by atoms with Crippen LogP contribution in [0.2, 0.25) is 0 Å². The van der Waals surface area contributed by atoms with Gasteiger partial charge in [0.1, 0.15) is 18.2 Å². The smallest absolute Gasteiger partial charge is 0.167 e. The summed E-state index contributed by atoms with van der Waals surface area (Å²) in [4.78, 5) is 0. The van der Waals surface area contributed by atoms with Crippen LogP contribution in [0.3, 0.4) is 0 Å². The van der Waals surface area contributed by atoms with E-state index < -0.39 is 11.6 Å². The number of hydrogen-bond donors (Lipinski definition) is 0. The Morgan fingerprint density at radius 2 is 1.27 bits per heavy atom. The SMILES string of the molecule is CCCCCc1ccc(-c2ccc(OCc3ccc(-c4ccc(CCC)cc4)c(F)c3F)cc2)cc1F. The summed E-state index contributed by atoms with van der Waals surface area (Å²) in [5.41, 5.74) is 4.59. The van der Waals surface area contributed by atoms with Crippen LogP contribution >= 0.6 is 0 Å². The summed E-state index contributed by atoms with van der Waals surface area (Å²) in [6.45, 7) is 4.14. The van der Waals surface area contributed by atoms with Gasteiger partial charge in [-0.25, -0.2) is 13.2 Å². The first kappa shape index (κ1) is 26.5. The molecule has 37 heavy (non-hydrogen) atoms. The van der Waals surface area contributed by atoms with Gasteiger partial charge in [0.15, 0.2) is 11.6 Å².